The van der Waals surface area contributed by atoms with Gasteiger partial charge in [-0.05, 0) is 53.3 Å². The Bertz CT molecular complexity index is 940. The van der Waals surface area contributed by atoms with Gasteiger partial charge in [0.15, 0.2) is 0 Å². The quantitative estimate of drug-likeness (QED) is 0.529. The number of hydrogen-bond acceptors (Lipinski definition) is 5. The standard InChI is InChI=1S/C20H20BrN3O3S/c1-24(11-16-9-14(21)13-28-16)12-19(25)23-18-7-3-2-6-17(18)20(26)22-10-15-5-4-8-27-15/h2-9,13H,10-12H2,1H3,(H,22,26)(H,23,25). The number of carbonyl (C=O) groups is 2. The van der Waals surface area contributed by atoms with Crippen molar-refractivity contribution < 1.29 is 14.0 Å². The van der Waals surface area contributed by atoms with E-state index >= 15 is 0 Å². The third-order valence-corrected chi connectivity index (χ3v) is 5.59. The highest BCUT2D eigenvalue weighted by atomic mass is 79.9. The van der Waals surface area contributed by atoms with Crippen LogP contribution in [0.4, 0.5) is 5.69 Å². The van der Waals surface area contributed by atoms with Gasteiger partial charge < -0.3 is 15.1 Å². The maximum atomic E-state index is 12.5. The fraction of sp³-hybridized carbons (Fsp3) is 0.200. The molecule has 3 rings (SSSR count). The molecule has 0 radical (unpaired) electrons. The maximum Gasteiger partial charge on any atom is 0.253 e. The minimum atomic E-state index is -0.274. The number of carbonyl (C=O) groups excluding carboxylic acids is 2. The van der Waals surface area contributed by atoms with Crippen LogP contribution in [-0.4, -0.2) is 30.3 Å². The van der Waals surface area contributed by atoms with E-state index in [9.17, 15) is 9.59 Å². The number of likely N-dealkylation sites (N-methyl/N-ethyl adjacent to an activating group) is 1. The third-order valence-electron chi connectivity index (χ3n) is 3.91. The van der Waals surface area contributed by atoms with Crippen LogP contribution in [-0.2, 0) is 17.9 Å². The summed E-state index contributed by atoms with van der Waals surface area (Å²) in [5, 5.41) is 7.64. The summed E-state index contributed by atoms with van der Waals surface area (Å²) in [4.78, 5) is 28.0. The molecule has 0 bridgehead atoms. The molecular weight excluding hydrogens is 442 g/mol. The van der Waals surface area contributed by atoms with Gasteiger partial charge in [0.2, 0.25) is 5.91 Å². The second kappa shape index (κ2) is 9.68. The first kappa shape index (κ1) is 20.3. The van der Waals surface area contributed by atoms with Gasteiger partial charge >= 0.3 is 0 Å². The van der Waals surface area contributed by atoms with Gasteiger partial charge in [-0.1, -0.05) is 12.1 Å². The Hall–Kier alpha value is -2.42. The van der Waals surface area contributed by atoms with Crippen molar-refractivity contribution in [1.29, 1.82) is 0 Å². The number of anilines is 1. The zero-order valence-electron chi connectivity index (χ0n) is 15.3. The predicted molar refractivity (Wildman–Crippen MR) is 113 cm³/mol. The topological polar surface area (TPSA) is 74.6 Å². The average Bonchev–Trinajstić information content (AvgIpc) is 3.31. The van der Waals surface area contributed by atoms with E-state index in [0.717, 1.165) is 4.47 Å². The molecule has 3 aromatic rings. The SMILES string of the molecule is CN(CC(=O)Nc1ccccc1C(=O)NCc1ccco1)Cc1cc(Br)cs1. The molecule has 0 atom stereocenters. The van der Waals surface area contributed by atoms with Crippen molar-refractivity contribution in [3.05, 3.63) is 74.8 Å². The van der Waals surface area contributed by atoms with Crippen molar-refractivity contribution in [2.45, 2.75) is 13.1 Å². The molecule has 0 spiro atoms. The van der Waals surface area contributed by atoms with E-state index in [1.165, 1.54) is 4.88 Å². The van der Waals surface area contributed by atoms with Crippen molar-refractivity contribution in [3.63, 3.8) is 0 Å². The van der Waals surface area contributed by atoms with Gasteiger partial charge in [0.25, 0.3) is 5.91 Å². The van der Waals surface area contributed by atoms with E-state index < -0.39 is 0 Å². The molecule has 28 heavy (non-hydrogen) atoms. The van der Waals surface area contributed by atoms with Gasteiger partial charge in [-0.25, -0.2) is 0 Å². The van der Waals surface area contributed by atoms with E-state index in [1.807, 2.05) is 23.4 Å². The highest BCUT2D eigenvalue weighted by molar-refractivity contribution is 9.10. The van der Waals surface area contributed by atoms with Crippen LogP contribution in [0.25, 0.3) is 0 Å². The van der Waals surface area contributed by atoms with Crippen molar-refractivity contribution in [2.24, 2.45) is 0 Å². The van der Waals surface area contributed by atoms with Gasteiger partial charge in [-0.3, -0.25) is 14.5 Å². The summed E-state index contributed by atoms with van der Waals surface area (Å²) in [6, 6.07) is 12.5. The first-order valence-electron chi connectivity index (χ1n) is 8.62. The number of benzene rings is 1. The number of hydrogen-bond donors (Lipinski definition) is 2. The first-order chi connectivity index (χ1) is 13.5. The number of nitrogens with one attached hydrogen (secondary N) is 2. The average molecular weight is 462 g/mol. The molecule has 8 heteroatoms. The summed E-state index contributed by atoms with van der Waals surface area (Å²) in [5.74, 6) is 0.213. The largest absolute Gasteiger partial charge is 0.467 e. The molecule has 2 amide bonds. The maximum absolute atomic E-state index is 12.5. The summed E-state index contributed by atoms with van der Waals surface area (Å²) in [6.45, 7) is 1.18. The summed E-state index contributed by atoms with van der Waals surface area (Å²) in [7, 11) is 1.88. The van der Waals surface area contributed by atoms with E-state index in [-0.39, 0.29) is 24.9 Å². The molecular formula is C20H20BrN3O3S. The summed E-state index contributed by atoms with van der Waals surface area (Å²) in [6.07, 6.45) is 1.56. The lowest BCUT2D eigenvalue weighted by Crippen LogP contribution is -2.31. The number of thiophene rings is 1. The second-order valence-electron chi connectivity index (χ2n) is 6.26. The molecule has 0 saturated carbocycles. The molecule has 0 unspecified atom stereocenters. The third kappa shape index (κ3) is 5.79. The Morgan fingerprint density at radius 3 is 2.75 bits per heavy atom. The Morgan fingerprint density at radius 1 is 1.21 bits per heavy atom. The molecule has 1 aromatic carbocycles. The second-order valence-corrected chi connectivity index (χ2v) is 8.17. The summed E-state index contributed by atoms with van der Waals surface area (Å²) < 4.78 is 6.26. The molecule has 0 aliphatic rings. The number of rotatable bonds is 8. The van der Waals surface area contributed by atoms with E-state index in [1.54, 1.807) is 54.0 Å². The Balaban J connectivity index is 1.57. The van der Waals surface area contributed by atoms with Gasteiger partial charge in [0, 0.05) is 21.3 Å². The Labute approximate surface area is 175 Å². The summed E-state index contributed by atoms with van der Waals surface area (Å²) >= 11 is 5.07. The zero-order chi connectivity index (χ0) is 19.9. The molecule has 0 aliphatic carbocycles. The number of furan rings is 1. The fourth-order valence-electron chi connectivity index (χ4n) is 2.66. The van der Waals surface area contributed by atoms with Crippen LogP contribution in [0.2, 0.25) is 0 Å². The fourth-order valence-corrected chi connectivity index (χ4v) is 4.19. The van der Waals surface area contributed by atoms with Gasteiger partial charge in [-0.2, -0.15) is 0 Å². The molecule has 6 nitrogen and oxygen atoms in total. The van der Waals surface area contributed by atoms with Crippen molar-refractivity contribution >= 4 is 44.8 Å². The molecule has 2 aromatic heterocycles. The van der Waals surface area contributed by atoms with Crippen molar-refractivity contribution in [3.8, 4) is 0 Å². The molecule has 0 fully saturated rings. The van der Waals surface area contributed by atoms with Crippen LogP contribution in [0.15, 0.2) is 63.0 Å². The predicted octanol–water partition coefficient (Wildman–Crippen LogP) is 4.10. The molecule has 2 heterocycles. The van der Waals surface area contributed by atoms with Crippen molar-refractivity contribution in [2.75, 3.05) is 18.9 Å². The van der Waals surface area contributed by atoms with Gasteiger partial charge in [0.1, 0.15) is 5.76 Å². The van der Waals surface area contributed by atoms with Crippen LogP contribution in [0.5, 0.6) is 0 Å². The van der Waals surface area contributed by atoms with Crippen LogP contribution in [0.1, 0.15) is 21.0 Å². The number of halogens is 1. The van der Waals surface area contributed by atoms with E-state index in [0.29, 0.717) is 23.6 Å². The van der Waals surface area contributed by atoms with E-state index in [4.69, 9.17) is 4.42 Å². The van der Waals surface area contributed by atoms with Crippen LogP contribution < -0.4 is 10.6 Å². The molecule has 146 valence electrons. The molecule has 0 saturated heterocycles. The number of amides is 2. The van der Waals surface area contributed by atoms with Gasteiger partial charge in [-0.15, -0.1) is 11.3 Å². The van der Waals surface area contributed by atoms with Crippen LogP contribution >= 0.6 is 27.3 Å². The monoisotopic (exact) mass is 461 g/mol. The number of nitrogens with zero attached hydrogens (tertiary/aromatic N) is 1. The van der Waals surface area contributed by atoms with E-state index in [2.05, 4.69) is 26.6 Å². The van der Waals surface area contributed by atoms with Gasteiger partial charge in [0.05, 0.1) is 30.6 Å². The number of para-hydroxylation sites is 1. The highest BCUT2D eigenvalue weighted by Crippen LogP contribution is 2.21. The molecule has 2 N–H and O–H groups in total. The Morgan fingerprint density at radius 2 is 2.04 bits per heavy atom. The Kier molecular flexibility index (Phi) is 7.02. The minimum absolute atomic E-state index is 0.176. The smallest absolute Gasteiger partial charge is 0.253 e. The lowest BCUT2D eigenvalue weighted by atomic mass is 10.1. The normalized spacial score (nSPS) is 10.8. The van der Waals surface area contributed by atoms with Crippen molar-refractivity contribution in [1.82, 2.24) is 10.2 Å². The van der Waals surface area contributed by atoms with Crippen LogP contribution in [0.3, 0.4) is 0 Å². The lowest BCUT2D eigenvalue weighted by Gasteiger charge is -2.16. The lowest BCUT2D eigenvalue weighted by molar-refractivity contribution is -0.117. The highest BCUT2D eigenvalue weighted by Gasteiger charge is 2.15. The first-order valence-corrected chi connectivity index (χ1v) is 10.3. The minimum Gasteiger partial charge on any atom is -0.467 e. The zero-order valence-corrected chi connectivity index (χ0v) is 17.7. The van der Waals surface area contributed by atoms with Crippen LogP contribution in [0, 0.1) is 0 Å². The molecule has 0 aliphatic heterocycles. The summed E-state index contributed by atoms with van der Waals surface area (Å²) in [5.41, 5.74) is 0.893.